The van der Waals surface area contributed by atoms with Gasteiger partial charge in [0, 0.05) is 6.04 Å². The topological polar surface area (TPSA) is 64.3 Å². The Hall–Kier alpha value is -1.55. The van der Waals surface area contributed by atoms with Crippen molar-refractivity contribution < 1.29 is 9.53 Å². The first-order valence-electron chi connectivity index (χ1n) is 5.29. The lowest BCUT2D eigenvalue weighted by Gasteiger charge is -2.10. The van der Waals surface area contributed by atoms with Gasteiger partial charge in [-0.2, -0.15) is 0 Å². The van der Waals surface area contributed by atoms with Crippen molar-refractivity contribution in [2.45, 2.75) is 19.4 Å². The summed E-state index contributed by atoms with van der Waals surface area (Å²) < 4.78 is 5.16. The molecule has 1 aromatic carbocycles. The zero-order valence-corrected chi connectivity index (χ0v) is 9.69. The smallest absolute Gasteiger partial charge is 0.255 e. The zero-order chi connectivity index (χ0) is 12.0. The van der Waals surface area contributed by atoms with Gasteiger partial charge < -0.3 is 15.8 Å². The Morgan fingerprint density at radius 3 is 2.56 bits per heavy atom. The number of nitrogens with two attached hydrogens (primary N) is 1. The lowest BCUT2D eigenvalue weighted by Crippen LogP contribution is -2.23. The second-order valence-electron chi connectivity index (χ2n) is 3.79. The second kappa shape index (κ2) is 6.12. The molecule has 4 heteroatoms. The molecule has 0 spiro atoms. The molecule has 0 heterocycles. The van der Waals surface area contributed by atoms with E-state index in [1.807, 2.05) is 31.3 Å². The molecular formula is C12H18N2O2. The maximum absolute atomic E-state index is 10.5. The predicted molar refractivity (Wildman–Crippen MR) is 63.4 cm³/mol. The minimum absolute atomic E-state index is 0.0771. The van der Waals surface area contributed by atoms with Gasteiger partial charge in [-0.3, -0.25) is 4.79 Å². The van der Waals surface area contributed by atoms with E-state index < -0.39 is 5.91 Å². The summed E-state index contributed by atoms with van der Waals surface area (Å²) in [6.07, 6.45) is 0.965. The van der Waals surface area contributed by atoms with Crippen LogP contribution in [0.4, 0.5) is 0 Å². The molecule has 0 fully saturated rings. The molecule has 16 heavy (non-hydrogen) atoms. The Labute approximate surface area is 95.8 Å². The largest absolute Gasteiger partial charge is 0.484 e. The van der Waals surface area contributed by atoms with Crippen LogP contribution in [0.15, 0.2) is 24.3 Å². The molecule has 0 aliphatic carbocycles. The number of hydrogen-bond acceptors (Lipinski definition) is 3. The molecule has 1 rings (SSSR count). The summed E-state index contributed by atoms with van der Waals surface area (Å²) in [4.78, 5) is 10.5. The van der Waals surface area contributed by atoms with E-state index in [1.54, 1.807) is 0 Å². The van der Waals surface area contributed by atoms with Gasteiger partial charge in [0.2, 0.25) is 0 Å². The molecule has 0 radical (unpaired) electrons. The number of carbonyl (C=O) groups excluding carboxylic acids is 1. The SMILES string of the molecule is CNC(C)Cc1ccc(OCC(N)=O)cc1. The first kappa shape index (κ1) is 12.5. The highest BCUT2D eigenvalue weighted by molar-refractivity contribution is 5.75. The minimum Gasteiger partial charge on any atom is -0.484 e. The maximum Gasteiger partial charge on any atom is 0.255 e. The van der Waals surface area contributed by atoms with Crippen molar-refractivity contribution in [1.82, 2.24) is 5.32 Å². The third kappa shape index (κ3) is 4.31. The summed E-state index contributed by atoms with van der Waals surface area (Å²) in [5.74, 6) is 0.201. The molecule has 0 aliphatic rings. The number of nitrogens with one attached hydrogen (secondary N) is 1. The second-order valence-corrected chi connectivity index (χ2v) is 3.79. The fourth-order valence-corrected chi connectivity index (χ4v) is 1.33. The van der Waals surface area contributed by atoms with Crippen molar-refractivity contribution >= 4 is 5.91 Å². The Balaban J connectivity index is 2.50. The number of carbonyl (C=O) groups is 1. The van der Waals surface area contributed by atoms with Crippen molar-refractivity contribution in [2.75, 3.05) is 13.7 Å². The molecule has 1 atom stereocenters. The van der Waals surface area contributed by atoms with Crippen LogP contribution in [0.2, 0.25) is 0 Å². The van der Waals surface area contributed by atoms with Gasteiger partial charge in [0.15, 0.2) is 6.61 Å². The zero-order valence-electron chi connectivity index (χ0n) is 9.69. The van der Waals surface area contributed by atoms with E-state index in [9.17, 15) is 4.79 Å². The summed E-state index contributed by atoms with van der Waals surface area (Å²) in [7, 11) is 1.94. The van der Waals surface area contributed by atoms with Crippen LogP contribution in [0.1, 0.15) is 12.5 Å². The van der Waals surface area contributed by atoms with E-state index in [2.05, 4.69) is 12.2 Å². The van der Waals surface area contributed by atoms with E-state index >= 15 is 0 Å². The Morgan fingerprint density at radius 1 is 1.44 bits per heavy atom. The van der Waals surface area contributed by atoms with Crippen LogP contribution in [-0.2, 0) is 11.2 Å². The third-order valence-electron chi connectivity index (χ3n) is 2.34. The fourth-order valence-electron chi connectivity index (χ4n) is 1.33. The van der Waals surface area contributed by atoms with E-state index in [0.29, 0.717) is 11.8 Å². The van der Waals surface area contributed by atoms with Crippen molar-refractivity contribution in [2.24, 2.45) is 5.73 Å². The summed E-state index contributed by atoms with van der Waals surface area (Å²) in [5.41, 5.74) is 6.21. The van der Waals surface area contributed by atoms with Crippen LogP contribution < -0.4 is 15.8 Å². The van der Waals surface area contributed by atoms with Crippen molar-refractivity contribution in [3.63, 3.8) is 0 Å². The molecular weight excluding hydrogens is 204 g/mol. The molecule has 0 bridgehead atoms. The number of likely N-dealkylation sites (N-methyl/N-ethyl adjacent to an activating group) is 1. The Morgan fingerprint density at radius 2 is 2.06 bits per heavy atom. The highest BCUT2D eigenvalue weighted by Gasteiger charge is 2.01. The number of rotatable bonds is 6. The molecule has 1 unspecified atom stereocenters. The van der Waals surface area contributed by atoms with E-state index in [0.717, 1.165) is 6.42 Å². The van der Waals surface area contributed by atoms with Gasteiger partial charge in [0.05, 0.1) is 0 Å². The maximum atomic E-state index is 10.5. The molecule has 0 saturated heterocycles. The molecule has 0 aliphatic heterocycles. The van der Waals surface area contributed by atoms with Crippen LogP contribution in [0.5, 0.6) is 5.75 Å². The number of ether oxygens (including phenoxy) is 1. The van der Waals surface area contributed by atoms with Gasteiger partial charge >= 0.3 is 0 Å². The predicted octanol–water partition coefficient (Wildman–Crippen LogP) is 0.701. The van der Waals surface area contributed by atoms with E-state index in [4.69, 9.17) is 10.5 Å². The molecule has 4 nitrogen and oxygen atoms in total. The number of primary amides is 1. The Kier molecular flexibility index (Phi) is 4.79. The lowest BCUT2D eigenvalue weighted by molar-refractivity contribution is -0.119. The summed E-state index contributed by atoms with van der Waals surface area (Å²) in [6.45, 7) is 2.05. The average molecular weight is 222 g/mol. The third-order valence-corrected chi connectivity index (χ3v) is 2.34. The van der Waals surface area contributed by atoms with Crippen molar-refractivity contribution in [1.29, 1.82) is 0 Å². The van der Waals surface area contributed by atoms with Crippen molar-refractivity contribution in [3.8, 4) is 5.75 Å². The molecule has 88 valence electrons. The van der Waals surface area contributed by atoms with Gasteiger partial charge in [-0.1, -0.05) is 12.1 Å². The number of hydrogen-bond donors (Lipinski definition) is 2. The van der Waals surface area contributed by atoms with Crippen molar-refractivity contribution in [3.05, 3.63) is 29.8 Å². The van der Waals surface area contributed by atoms with Gasteiger partial charge in [-0.15, -0.1) is 0 Å². The minimum atomic E-state index is -0.465. The number of amides is 1. The molecule has 1 amide bonds. The monoisotopic (exact) mass is 222 g/mol. The first-order valence-corrected chi connectivity index (χ1v) is 5.29. The summed E-state index contributed by atoms with van der Waals surface area (Å²) in [6, 6.07) is 8.12. The molecule has 3 N–H and O–H groups in total. The van der Waals surface area contributed by atoms with Gasteiger partial charge in [-0.05, 0) is 38.1 Å². The van der Waals surface area contributed by atoms with Gasteiger partial charge in [-0.25, -0.2) is 0 Å². The van der Waals surface area contributed by atoms with E-state index in [-0.39, 0.29) is 6.61 Å². The van der Waals surface area contributed by atoms with Crippen LogP contribution in [0, 0.1) is 0 Å². The van der Waals surface area contributed by atoms with Crippen LogP contribution in [0.25, 0.3) is 0 Å². The van der Waals surface area contributed by atoms with Gasteiger partial charge in [0.1, 0.15) is 5.75 Å². The normalized spacial score (nSPS) is 12.1. The Bertz CT molecular complexity index is 335. The highest BCUT2D eigenvalue weighted by Crippen LogP contribution is 2.13. The lowest BCUT2D eigenvalue weighted by atomic mass is 10.1. The first-order chi connectivity index (χ1) is 7.61. The molecule has 0 aromatic heterocycles. The van der Waals surface area contributed by atoms with Crippen LogP contribution in [-0.4, -0.2) is 25.6 Å². The molecule has 0 saturated carbocycles. The van der Waals surface area contributed by atoms with Crippen LogP contribution in [0.3, 0.4) is 0 Å². The fraction of sp³-hybridized carbons (Fsp3) is 0.417. The summed E-state index contributed by atoms with van der Waals surface area (Å²) in [5, 5.41) is 3.18. The van der Waals surface area contributed by atoms with Gasteiger partial charge in [0.25, 0.3) is 5.91 Å². The van der Waals surface area contributed by atoms with E-state index in [1.165, 1.54) is 5.56 Å². The standard InChI is InChI=1S/C12H18N2O2/c1-9(14-2)7-10-3-5-11(6-4-10)16-8-12(13)15/h3-6,9,14H,7-8H2,1-2H3,(H2,13,15). The quantitative estimate of drug-likeness (QED) is 0.744. The molecule has 1 aromatic rings. The van der Waals surface area contributed by atoms with Crippen LogP contribution >= 0.6 is 0 Å². The summed E-state index contributed by atoms with van der Waals surface area (Å²) >= 11 is 0. The average Bonchev–Trinajstić information content (AvgIpc) is 2.28. The number of benzene rings is 1. The highest BCUT2D eigenvalue weighted by atomic mass is 16.5.